The van der Waals surface area contributed by atoms with Crippen molar-refractivity contribution in [3.05, 3.63) is 48.3 Å². The highest BCUT2D eigenvalue weighted by Crippen LogP contribution is 2.24. The Bertz CT molecular complexity index is 1130. The highest BCUT2D eigenvalue weighted by atomic mass is 32.2. The van der Waals surface area contributed by atoms with Gasteiger partial charge in [-0.2, -0.15) is 0 Å². The number of halogens is 1. The van der Waals surface area contributed by atoms with Crippen LogP contribution in [0.2, 0.25) is 0 Å². The van der Waals surface area contributed by atoms with Crippen molar-refractivity contribution in [2.75, 3.05) is 18.2 Å². The fourth-order valence-electron chi connectivity index (χ4n) is 2.59. The van der Waals surface area contributed by atoms with Gasteiger partial charge in [-0.1, -0.05) is 11.8 Å². The Morgan fingerprint density at radius 1 is 1.22 bits per heavy atom. The summed E-state index contributed by atoms with van der Waals surface area (Å²) in [5, 5.41) is 11.9. The molecule has 7 nitrogen and oxygen atoms in total. The van der Waals surface area contributed by atoms with Crippen LogP contribution in [0, 0.1) is 5.82 Å². The van der Waals surface area contributed by atoms with Crippen molar-refractivity contribution in [3.63, 3.8) is 0 Å². The van der Waals surface area contributed by atoms with Crippen LogP contribution in [0.15, 0.2) is 47.6 Å². The first-order valence-electron chi connectivity index (χ1n) is 8.01. The number of nitrogens with one attached hydrogen (secondary N) is 2. The fraction of sp³-hybridized carbons (Fsp3) is 0.111. The minimum atomic E-state index is -0.348. The summed E-state index contributed by atoms with van der Waals surface area (Å²) in [4.78, 5) is 19.5. The lowest BCUT2D eigenvalue weighted by Crippen LogP contribution is -2.14. The first kappa shape index (κ1) is 17.2. The normalized spacial score (nSPS) is 11.0. The highest BCUT2D eigenvalue weighted by molar-refractivity contribution is 7.99. The predicted molar refractivity (Wildman–Crippen MR) is 101 cm³/mol. The number of thioether (sulfide) groups is 1. The van der Waals surface area contributed by atoms with Gasteiger partial charge in [-0.05, 0) is 42.5 Å². The number of fused-ring (bicyclic) bond motifs is 3. The molecule has 4 aromatic rings. The van der Waals surface area contributed by atoms with Crippen LogP contribution in [0.25, 0.3) is 22.1 Å². The summed E-state index contributed by atoms with van der Waals surface area (Å²) in [6, 6.07) is 11.4. The van der Waals surface area contributed by atoms with E-state index in [-0.39, 0.29) is 17.5 Å². The number of amides is 1. The van der Waals surface area contributed by atoms with Crippen LogP contribution < -0.4 is 10.1 Å². The molecule has 1 amide bonds. The molecule has 4 rings (SSSR count). The quantitative estimate of drug-likeness (QED) is 0.513. The SMILES string of the molecule is COc1ccc(NC(=O)CSc2nnc3c(n2)[nH]c2ccc(F)cc23)cc1. The summed E-state index contributed by atoms with van der Waals surface area (Å²) in [6.07, 6.45) is 0. The molecule has 2 N–H and O–H groups in total. The van der Waals surface area contributed by atoms with E-state index in [9.17, 15) is 9.18 Å². The second-order valence-electron chi connectivity index (χ2n) is 5.67. The lowest BCUT2D eigenvalue weighted by molar-refractivity contribution is -0.113. The zero-order chi connectivity index (χ0) is 18.8. The smallest absolute Gasteiger partial charge is 0.234 e. The van der Waals surface area contributed by atoms with E-state index in [1.165, 1.54) is 23.9 Å². The zero-order valence-electron chi connectivity index (χ0n) is 14.2. The van der Waals surface area contributed by atoms with Gasteiger partial charge in [0.15, 0.2) is 5.65 Å². The standard InChI is InChI=1S/C18H14FN5O2S/c1-26-12-5-3-11(4-6-12)20-15(25)9-27-18-22-17-16(23-24-18)13-8-10(19)2-7-14(13)21-17/h2-8H,9H2,1H3,(H,20,25)(H,21,22,24). The van der Waals surface area contributed by atoms with Gasteiger partial charge >= 0.3 is 0 Å². The Morgan fingerprint density at radius 2 is 2.04 bits per heavy atom. The van der Waals surface area contributed by atoms with E-state index in [0.29, 0.717) is 33.1 Å². The number of methoxy groups -OCH3 is 1. The number of carbonyl (C=O) groups excluding carboxylic acids is 1. The van der Waals surface area contributed by atoms with Crippen LogP contribution in [0.1, 0.15) is 0 Å². The predicted octanol–water partition coefficient (Wildman–Crippen LogP) is 3.38. The molecule has 0 spiro atoms. The van der Waals surface area contributed by atoms with Crippen molar-refractivity contribution in [3.8, 4) is 5.75 Å². The van der Waals surface area contributed by atoms with Crippen LogP contribution in [0.5, 0.6) is 5.75 Å². The summed E-state index contributed by atoms with van der Waals surface area (Å²) >= 11 is 1.17. The van der Waals surface area contributed by atoms with E-state index in [1.54, 1.807) is 37.4 Å². The summed E-state index contributed by atoms with van der Waals surface area (Å²) < 4.78 is 18.5. The van der Waals surface area contributed by atoms with Crippen molar-refractivity contribution in [1.29, 1.82) is 0 Å². The monoisotopic (exact) mass is 383 g/mol. The molecule has 2 heterocycles. The number of aromatic amines is 1. The third kappa shape index (κ3) is 3.68. The number of hydrogen-bond donors (Lipinski definition) is 2. The van der Waals surface area contributed by atoms with Crippen molar-refractivity contribution in [1.82, 2.24) is 20.2 Å². The van der Waals surface area contributed by atoms with Crippen LogP contribution in [0.3, 0.4) is 0 Å². The summed E-state index contributed by atoms with van der Waals surface area (Å²) in [7, 11) is 1.58. The summed E-state index contributed by atoms with van der Waals surface area (Å²) in [5.74, 6) is 0.313. The largest absolute Gasteiger partial charge is 0.497 e. The van der Waals surface area contributed by atoms with Gasteiger partial charge in [0.1, 0.15) is 17.1 Å². The van der Waals surface area contributed by atoms with Crippen molar-refractivity contribution in [2.24, 2.45) is 0 Å². The molecule has 136 valence electrons. The van der Waals surface area contributed by atoms with Crippen LogP contribution in [-0.2, 0) is 4.79 Å². The third-order valence-corrected chi connectivity index (χ3v) is 4.70. The maximum atomic E-state index is 13.4. The molecule has 0 aliphatic heterocycles. The molecular weight excluding hydrogens is 369 g/mol. The van der Waals surface area contributed by atoms with E-state index in [1.807, 2.05) is 0 Å². The first-order chi connectivity index (χ1) is 13.1. The maximum Gasteiger partial charge on any atom is 0.234 e. The van der Waals surface area contributed by atoms with Gasteiger partial charge in [-0.15, -0.1) is 10.2 Å². The number of H-pyrrole nitrogens is 1. The van der Waals surface area contributed by atoms with Crippen LogP contribution in [-0.4, -0.2) is 38.9 Å². The molecule has 0 bridgehead atoms. The lowest BCUT2D eigenvalue weighted by atomic mass is 10.2. The van der Waals surface area contributed by atoms with Crippen LogP contribution >= 0.6 is 11.8 Å². The molecule has 2 aromatic carbocycles. The molecular formula is C18H14FN5O2S. The Balaban J connectivity index is 1.45. The van der Waals surface area contributed by atoms with Crippen molar-refractivity contribution >= 4 is 45.4 Å². The van der Waals surface area contributed by atoms with Crippen molar-refractivity contribution in [2.45, 2.75) is 5.16 Å². The number of carbonyl (C=O) groups is 1. The third-order valence-electron chi connectivity index (χ3n) is 3.86. The number of benzene rings is 2. The molecule has 0 radical (unpaired) electrons. The molecule has 0 fully saturated rings. The second-order valence-corrected chi connectivity index (χ2v) is 6.61. The summed E-state index contributed by atoms with van der Waals surface area (Å²) in [6.45, 7) is 0. The average Bonchev–Trinajstić information content (AvgIpc) is 3.04. The van der Waals surface area contributed by atoms with Gasteiger partial charge in [-0.3, -0.25) is 4.79 Å². The molecule has 0 atom stereocenters. The minimum Gasteiger partial charge on any atom is -0.497 e. The Morgan fingerprint density at radius 3 is 2.81 bits per heavy atom. The molecule has 0 aliphatic rings. The van der Waals surface area contributed by atoms with Gasteiger partial charge < -0.3 is 15.0 Å². The highest BCUT2D eigenvalue weighted by Gasteiger charge is 2.12. The number of ether oxygens (including phenoxy) is 1. The number of rotatable bonds is 5. The van der Waals surface area contributed by atoms with E-state index >= 15 is 0 Å². The van der Waals surface area contributed by atoms with E-state index < -0.39 is 0 Å². The number of hydrogen-bond acceptors (Lipinski definition) is 6. The van der Waals surface area contributed by atoms with Gasteiger partial charge in [0, 0.05) is 16.6 Å². The fourth-order valence-corrected chi connectivity index (χ4v) is 3.18. The molecule has 9 heteroatoms. The topological polar surface area (TPSA) is 92.8 Å². The molecule has 0 saturated heterocycles. The number of aromatic nitrogens is 4. The second kappa shape index (κ2) is 7.20. The van der Waals surface area contributed by atoms with Crippen molar-refractivity contribution < 1.29 is 13.9 Å². The Hall–Kier alpha value is -3.20. The van der Waals surface area contributed by atoms with E-state index in [2.05, 4.69) is 25.5 Å². The number of nitrogens with zero attached hydrogens (tertiary/aromatic N) is 3. The Labute approximate surface area is 157 Å². The van der Waals surface area contributed by atoms with Gasteiger partial charge in [0.25, 0.3) is 0 Å². The maximum absolute atomic E-state index is 13.4. The molecule has 27 heavy (non-hydrogen) atoms. The minimum absolute atomic E-state index is 0.133. The van der Waals surface area contributed by atoms with E-state index in [4.69, 9.17) is 4.74 Å². The summed E-state index contributed by atoms with van der Waals surface area (Å²) in [5.41, 5.74) is 2.40. The molecule has 0 unspecified atom stereocenters. The zero-order valence-corrected chi connectivity index (χ0v) is 15.0. The number of anilines is 1. The van der Waals surface area contributed by atoms with Gasteiger partial charge in [0.05, 0.1) is 12.9 Å². The van der Waals surface area contributed by atoms with Gasteiger partial charge in [0.2, 0.25) is 11.1 Å². The van der Waals surface area contributed by atoms with Crippen LogP contribution in [0.4, 0.5) is 10.1 Å². The average molecular weight is 383 g/mol. The first-order valence-corrected chi connectivity index (χ1v) is 8.99. The molecule has 0 aliphatic carbocycles. The Kier molecular flexibility index (Phi) is 4.59. The molecule has 0 saturated carbocycles. The lowest BCUT2D eigenvalue weighted by Gasteiger charge is -2.05. The molecule has 2 aromatic heterocycles. The van der Waals surface area contributed by atoms with Gasteiger partial charge in [-0.25, -0.2) is 9.37 Å². The van der Waals surface area contributed by atoms with E-state index in [0.717, 1.165) is 5.52 Å².